The lowest BCUT2D eigenvalue weighted by atomic mass is 10.1. The number of para-hydroxylation sites is 2. The molecule has 0 aliphatic carbocycles. The summed E-state index contributed by atoms with van der Waals surface area (Å²) in [6, 6.07) is 15.2. The van der Waals surface area contributed by atoms with Gasteiger partial charge in [-0.25, -0.2) is 14.6 Å². The highest BCUT2D eigenvalue weighted by atomic mass is 19.4. The fourth-order valence-electron chi connectivity index (χ4n) is 4.23. The summed E-state index contributed by atoms with van der Waals surface area (Å²) in [6.07, 6.45) is -4.35. The van der Waals surface area contributed by atoms with E-state index in [1.165, 1.54) is 12.1 Å². The molecule has 6 nitrogen and oxygen atoms in total. The molecule has 0 radical (unpaired) electrons. The second-order valence-electron chi connectivity index (χ2n) is 8.22. The number of hydrogen-bond donors (Lipinski definition) is 0. The number of benzene rings is 2. The van der Waals surface area contributed by atoms with Crippen LogP contribution >= 0.6 is 0 Å². The smallest absolute Gasteiger partial charge is 0.368 e. The first-order valence-electron chi connectivity index (χ1n) is 10.8. The molecule has 1 fully saturated rings. The summed E-state index contributed by atoms with van der Waals surface area (Å²) in [5, 5.41) is 4.61. The van der Waals surface area contributed by atoms with E-state index in [0.29, 0.717) is 37.7 Å². The van der Waals surface area contributed by atoms with Crippen molar-refractivity contribution in [3.05, 3.63) is 71.5 Å². The summed E-state index contributed by atoms with van der Waals surface area (Å²) in [5.74, 6) is 1.38. The Morgan fingerprint density at radius 2 is 1.39 bits per heavy atom. The number of aromatic nitrogens is 4. The second-order valence-corrected chi connectivity index (χ2v) is 8.22. The summed E-state index contributed by atoms with van der Waals surface area (Å²) < 4.78 is 41.2. The normalized spacial score (nSPS) is 14.8. The Hall–Kier alpha value is -3.62. The van der Waals surface area contributed by atoms with E-state index in [4.69, 9.17) is 9.97 Å². The van der Waals surface area contributed by atoms with Crippen molar-refractivity contribution in [1.82, 2.24) is 19.7 Å². The third-order valence-corrected chi connectivity index (χ3v) is 5.86. The summed E-state index contributed by atoms with van der Waals surface area (Å²) >= 11 is 0. The minimum absolute atomic E-state index is 0.576. The first-order valence-corrected chi connectivity index (χ1v) is 10.8. The van der Waals surface area contributed by atoms with Crippen LogP contribution in [-0.2, 0) is 6.18 Å². The van der Waals surface area contributed by atoms with Crippen LogP contribution in [0.2, 0.25) is 0 Å². The van der Waals surface area contributed by atoms with Crippen LogP contribution in [0.1, 0.15) is 17.0 Å². The van der Waals surface area contributed by atoms with Gasteiger partial charge in [0.05, 0.1) is 22.3 Å². The van der Waals surface area contributed by atoms with Gasteiger partial charge in [0, 0.05) is 37.6 Å². The standard InChI is InChI=1S/C24H23F3N6/c1-16-14-17(2)33(30-16)23-22(28-20-8-3-4-9-21(20)29-23)32-12-10-31(11-13-32)19-7-5-6-18(15-19)24(25,26)27/h3-9,14-15H,10-13H2,1-2H3. The van der Waals surface area contributed by atoms with Crippen molar-refractivity contribution in [3.63, 3.8) is 0 Å². The van der Waals surface area contributed by atoms with Crippen LogP contribution in [0.25, 0.3) is 16.9 Å². The van der Waals surface area contributed by atoms with E-state index >= 15 is 0 Å². The molecule has 1 aliphatic heterocycles. The maximum atomic E-state index is 13.1. The Balaban J connectivity index is 1.46. The fourth-order valence-corrected chi connectivity index (χ4v) is 4.23. The predicted octanol–water partition coefficient (Wildman–Crippen LogP) is 4.78. The topological polar surface area (TPSA) is 50.1 Å². The summed E-state index contributed by atoms with van der Waals surface area (Å²) in [4.78, 5) is 13.9. The van der Waals surface area contributed by atoms with Crippen LogP contribution in [0.15, 0.2) is 54.6 Å². The van der Waals surface area contributed by atoms with E-state index in [-0.39, 0.29) is 0 Å². The molecule has 0 unspecified atom stereocenters. The third kappa shape index (κ3) is 4.10. The molecule has 0 spiro atoms. The van der Waals surface area contributed by atoms with Crippen LogP contribution in [0.4, 0.5) is 24.7 Å². The van der Waals surface area contributed by atoms with E-state index in [0.717, 1.165) is 34.3 Å². The van der Waals surface area contributed by atoms with Crippen molar-refractivity contribution < 1.29 is 13.2 Å². The lowest BCUT2D eigenvalue weighted by molar-refractivity contribution is -0.137. The van der Waals surface area contributed by atoms with Gasteiger partial charge in [0.1, 0.15) is 0 Å². The van der Waals surface area contributed by atoms with Gasteiger partial charge in [-0.3, -0.25) is 0 Å². The molecule has 1 saturated heterocycles. The van der Waals surface area contributed by atoms with Crippen LogP contribution in [0, 0.1) is 13.8 Å². The molecule has 4 aromatic rings. The van der Waals surface area contributed by atoms with Gasteiger partial charge in [0.25, 0.3) is 0 Å². The number of halogens is 3. The Labute approximate surface area is 189 Å². The summed E-state index contributed by atoms with van der Waals surface area (Å²) in [5.41, 5.74) is 3.37. The van der Waals surface area contributed by atoms with Crippen molar-refractivity contribution in [1.29, 1.82) is 0 Å². The number of alkyl halides is 3. The Kier molecular flexibility index (Phi) is 5.19. The quantitative estimate of drug-likeness (QED) is 0.448. The Bertz CT molecular complexity index is 1310. The fraction of sp³-hybridized carbons (Fsp3) is 0.292. The van der Waals surface area contributed by atoms with Gasteiger partial charge in [-0.15, -0.1) is 0 Å². The Morgan fingerprint density at radius 3 is 2.00 bits per heavy atom. The van der Waals surface area contributed by atoms with Crippen molar-refractivity contribution in [3.8, 4) is 5.82 Å². The number of nitrogens with zero attached hydrogens (tertiary/aromatic N) is 6. The lowest BCUT2D eigenvalue weighted by Gasteiger charge is -2.37. The molecule has 9 heteroatoms. The van der Waals surface area contributed by atoms with Crippen molar-refractivity contribution in [2.24, 2.45) is 0 Å². The average Bonchev–Trinajstić information content (AvgIpc) is 3.15. The van der Waals surface area contributed by atoms with Gasteiger partial charge in [-0.05, 0) is 50.2 Å². The molecule has 0 saturated carbocycles. The molecule has 2 aromatic carbocycles. The van der Waals surface area contributed by atoms with Gasteiger partial charge < -0.3 is 9.80 Å². The van der Waals surface area contributed by atoms with Crippen molar-refractivity contribution in [2.45, 2.75) is 20.0 Å². The lowest BCUT2D eigenvalue weighted by Crippen LogP contribution is -2.47. The second kappa shape index (κ2) is 8.06. The van der Waals surface area contributed by atoms with Crippen LogP contribution < -0.4 is 9.80 Å². The van der Waals surface area contributed by atoms with E-state index in [1.54, 1.807) is 6.07 Å². The molecule has 0 amide bonds. The zero-order valence-corrected chi connectivity index (χ0v) is 18.3. The van der Waals surface area contributed by atoms with Crippen molar-refractivity contribution >= 4 is 22.5 Å². The first-order chi connectivity index (χ1) is 15.8. The molecule has 2 aromatic heterocycles. The van der Waals surface area contributed by atoms with Gasteiger partial charge >= 0.3 is 6.18 Å². The van der Waals surface area contributed by atoms with Crippen molar-refractivity contribution in [2.75, 3.05) is 36.0 Å². The number of anilines is 2. The number of rotatable bonds is 3. The Morgan fingerprint density at radius 1 is 0.758 bits per heavy atom. The summed E-state index contributed by atoms with van der Waals surface area (Å²) in [6.45, 7) is 6.28. The molecule has 0 bridgehead atoms. The monoisotopic (exact) mass is 452 g/mol. The van der Waals surface area contributed by atoms with E-state index < -0.39 is 11.7 Å². The number of hydrogen-bond acceptors (Lipinski definition) is 5. The maximum absolute atomic E-state index is 13.1. The molecule has 0 N–H and O–H groups in total. The van der Waals surface area contributed by atoms with Gasteiger partial charge in [0.2, 0.25) is 0 Å². The molecule has 0 atom stereocenters. The van der Waals surface area contributed by atoms with E-state index in [2.05, 4.69) is 10.00 Å². The molecule has 5 rings (SSSR count). The largest absolute Gasteiger partial charge is 0.416 e. The van der Waals surface area contributed by atoms with Crippen LogP contribution in [-0.4, -0.2) is 45.9 Å². The van der Waals surface area contributed by atoms with Gasteiger partial charge in [0.15, 0.2) is 11.6 Å². The molecule has 3 heterocycles. The highest BCUT2D eigenvalue weighted by Crippen LogP contribution is 2.32. The molecule has 1 aliphatic rings. The molecular formula is C24H23F3N6. The highest BCUT2D eigenvalue weighted by Gasteiger charge is 2.31. The molecule has 33 heavy (non-hydrogen) atoms. The molecule has 170 valence electrons. The van der Waals surface area contributed by atoms with Gasteiger partial charge in [-0.2, -0.15) is 18.3 Å². The summed E-state index contributed by atoms with van der Waals surface area (Å²) in [7, 11) is 0. The number of aryl methyl sites for hydroxylation is 2. The van der Waals surface area contributed by atoms with Crippen LogP contribution in [0.5, 0.6) is 0 Å². The minimum atomic E-state index is -4.35. The van der Waals surface area contributed by atoms with E-state index in [9.17, 15) is 13.2 Å². The number of fused-ring (bicyclic) bond motifs is 1. The zero-order chi connectivity index (χ0) is 23.2. The molecular weight excluding hydrogens is 429 g/mol. The highest BCUT2D eigenvalue weighted by molar-refractivity contribution is 5.78. The van der Waals surface area contributed by atoms with Gasteiger partial charge in [-0.1, -0.05) is 18.2 Å². The maximum Gasteiger partial charge on any atom is 0.416 e. The predicted molar refractivity (Wildman–Crippen MR) is 122 cm³/mol. The van der Waals surface area contributed by atoms with E-state index in [1.807, 2.05) is 53.8 Å². The SMILES string of the molecule is Cc1cc(C)n(-c2nc3ccccc3nc2N2CCN(c3cccc(C(F)(F)F)c3)CC2)n1. The average molecular weight is 452 g/mol. The zero-order valence-electron chi connectivity index (χ0n) is 18.3. The first kappa shape index (κ1) is 21.2. The number of piperazine rings is 1. The third-order valence-electron chi connectivity index (χ3n) is 5.86. The van der Waals surface area contributed by atoms with Crippen LogP contribution in [0.3, 0.4) is 0 Å². The minimum Gasteiger partial charge on any atom is -0.368 e.